The topological polar surface area (TPSA) is 130 Å². The molecule has 0 bridgehead atoms. The van der Waals surface area contributed by atoms with Crippen LogP contribution in [0.3, 0.4) is 0 Å². The molecule has 2 aromatic carbocycles. The zero-order valence-corrected chi connectivity index (χ0v) is 22.0. The van der Waals surface area contributed by atoms with Gasteiger partial charge in [0.1, 0.15) is 16.5 Å². The summed E-state index contributed by atoms with van der Waals surface area (Å²) in [7, 11) is -7.67. The van der Waals surface area contributed by atoms with Gasteiger partial charge in [0.05, 0.1) is 16.7 Å². The van der Waals surface area contributed by atoms with Gasteiger partial charge in [0.15, 0.2) is 21.5 Å². The third-order valence-corrected chi connectivity index (χ3v) is 11.6. The second-order valence-corrected chi connectivity index (χ2v) is 14.2. The molecule has 1 saturated carbocycles. The first kappa shape index (κ1) is 25.2. The number of nitrogens with zero attached hydrogens (tertiary/aromatic N) is 2. The molecule has 200 valence electrons. The number of amides is 1. The van der Waals surface area contributed by atoms with Gasteiger partial charge in [0.25, 0.3) is 10.0 Å². The van der Waals surface area contributed by atoms with E-state index < -0.39 is 48.7 Å². The molecule has 1 amide bonds. The Balaban J connectivity index is 1.34. The quantitative estimate of drug-likeness (QED) is 0.570. The molecule has 2 unspecified atom stereocenters. The monoisotopic (exact) mass is 559 g/mol. The Bertz CT molecular complexity index is 1590. The highest BCUT2D eigenvalue weighted by molar-refractivity contribution is 7.92. The van der Waals surface area contributed by atoms with E-state index >= 15 is 0 Å². The van der Waals surface area contributed by atoms with Gasteiger partial charge in [-0.2, -0.15) is 8.42 Å². The van der Waals surface area contributed by atoms with E-state index in [1.54, 1.807) is 23.1 Å². The lowest BCUT2D eigenvalue weighted by Gasteiger charge is -2.41. The Hall–Kier alpha value is -3.12. The normalized spacial score (nSPS) is 29.4. The molecule has 4 atom stereocenters. The minimum Gasteiger partial charge on any atom is -0.341 e. The van der Waals surface area contributed by atoms with Crippen LogP contribution in [-0.4, -0.2) is 51.1 Å². The minimum atomic E-state index is -4.31. The first-order valence-electron chi connectivity index (χ1n) is 12.6. The molecule has 2 aromatic rings. The van der Waals surface area contributed by atoms with Crippen molar-refractivity contribution in [3.8, 4) is 0 Å². The number of hydrogen-bond donors (Lipinski definition) is 1. The molecular formula is C26H26FN3O6S2. The molecule has 4 aliphatic rings. The highest BCUT2D eigenvalue weighted by atomic mass is 32.2. The van der Waals surface area contributed by atoms with Gasteiger partial charge in [-0.1, -0.05) is 24.6 Å². The highest BCUT2D eigenvalue weighted by Gasteiger charge is 2.52. The van der Waals surface area contributed by atoms with Crippen LogP contribution in [0.4, 0.5) is 10.1 Å². The molecule has 3 aliphatic heterocycles. The molecule has 0 spiro atoms. The van der Waals surface area contributed by atoms with Crippen molar-refractivity contribution < 1.29 is 30.8 Å². The third kappa shape index (κ3) is 4.14. The fourth-order valence-electron chi connectivity index (χ4n) is 6.23. The summed E-state index contributed by atoms with van der Waals surface area (Å²) in [5.74, 6) is -3.33. The number of rotatable bonds is 4. The number of halogens is 1. The lowest BCUT2D eigenvalue weighted by Crippen LogP contribution is -2.58. The van der Waals surface area contributed by atoms with Crippen molar-refractivity contribution in [3.63, 3.8) is 0 Å². The number of sulfonamides is 1. The zero-order chi connectivity index (χ0) is 26.8. The fraction of sp³-hybridized carbons (Fsp3) is 0.423. The van der Waals surface area contributed by atoms with E-state index in [0.29, 0.717) is 36.8 Å². The standard InChI is InChI=1S/C26H26FN3O6S2/c27-17-9-6-15(7-10-17)14-30-20-4-1-3-18(20)24(31)23(26(30)32)25-28-19-11-8-16(13-22(19)38(35,36)29-25)21-5-2-12-37(21,33)34/h6-11,13,18,20-21,23H,1-5,12,14H2,(H,28,29)/t18-,20+,21?,23?/m1/s1. The number of Topliss-reactive ketones (excluding diaryl/α,β-unsaturated/α-hetero) is 1. The van der Waals surface area contributed by atoms with Crippen LogP contribution in [0.2, 0.25) is 0 Å². The summed E-state index contributed by atoms with van der Waals surface area (Å²) in [6.07, 6.45) is 2.93. The van der Waals surface area contributed by atoms with Gasteiger partial charge in [-0.25, -0.2) is 12.8 Å². The smallest absolute Gasteiger partial charge is 0.286 e. The van der Waals surface area contributed by atoms with Crippen molar-refractivity contribution in [2.24, 2.45) is 16.2 Å². The zero-order valence-electron chi connectivity index (χ0n) is 20.3. The molecule has 3 fully saturated rings. The molecule has 2 saturated heterocycles. The van der Waals surface area contributed by atoms with Crippen LogP contribution in [-0.2, 0) is 36.0 Å². The van der Waals surface area contributed by atoms with Crippen molar-refractivity contribution in [1.29, 1.82) is 0 Å². The van der Waals surface area contributed by atoms with Gasteiger partial charge in [-0.15, -0.1) is 4.40 Å². The fourth-order valence-corrected chi connectivity index (χ4v) is 9.36. The van der Waals surface area contributed by atoms with Crippen molar-refractivity contribution in [2.45, 2.75) is 54.8 Å². The Labute approximate surface area is 220 Å². The van der Waals surface area contributed by atoms with Gasteiger partial charge in [-0.05, 0) is 61.1 Å². The lowest BCUT2D eigenvalue weighted by atomic mass is 9.81. The summed E-state index contributed by atoms with van der Waals surface area (Å²) in [5.41, 5.74) is 1.23. The molecular weight excluding hydrogens is 533 g/mol. The van der Waals surface area contributed by atoms with Crippen LogP contribution in [0.25, 0.3) is 0 Å². The van der Waals surface area contributed by atoms with Crippen molar-refractivity contribution >= 4 is 43.1 Å². The summed E-state index contributed by atoms with van der Waals surface area (Å²) in [6, 6.07) is 9.83. The lowest BCUT2D eigenvalue weighted by molar-refractivity contribution is -0.149. The number of fused-ring (bicyclic) bond motifs is 2. The number of nitrogens with one attached hydrogen (secondary N) is 1. The van der Waals surface area contributed by atoms with Gasteiger partial charge in [-0.3, -0.25) is 9.59 Å². The van der Waals surface area contributed by atoms with E-state index in [-0.39, 0.29) is 40.5 Å². The maximum Gasteiger partial charge on any atom is 0.286 e. The summed E-state index contributed by atoms with van der Waals surface area (Å²) in [4.78, 5) is 28.6. The van der Waals surface area contributed by atoms with Crippen LogP contribution in [0.1, 0.15) is 48.5 Å². The molecule has 1 N–H and O–H groups in total. The molecule has 3 heterocycles. The second-order valence-electron chi connectivity index (χ2n) is 10.4. The first-order chi connectivity index (χ1) is 18.0. The Kier molecular flexibility index (Phi) is 5.95. The molecule has 0 radical (unpaired) electrons. The summed E-state index contributed by atoms with van der Waals surface area (Å²) >= 11 is 0. The van der Waals surface area contributed by atoms with Crippen LogP contribution in [0.5, 0.6) is 0 Å². The average molecular weight is 560 g/mol. The predicted molar refractivity (Wildman–Crippen MR) is 137 cm³/mol. The number of benzene rings is 2. The number of amidine groups is 1. The molecule has 12 heteroatoms. The van der Waals surface area contributed by atoms with Crippen molar-refractivity contribution in [1.82, 2.24) is 4.90 Å². The van der Waals surface area contributed by atoms with Crippen LogP contribution in [0, 0.1) is 17.7 Å². The average Bonchev–Trinajstić information content (AvgIpc) is 3.49. The van der Waals surface area contributed by atoms with E-state index in [2.05, 4.69) is 9.71 Å². The predicted octanol–water partition coefficient (Wildman–Crippen LogP) is 2.98. The molecule has 38 heavy (non-hydrogen) atoms. The molecule has 9 nitrogen and oxygen atoms in total. The number of carbonyl (C=O) groups is 2. The first-order valence-corrected chi connectivity index (χ1v) is 15.8. The Morgan fingerprint density at radius 2 is 1.74 bits per heavy atom. The van der Waals surface area contributed by atoms with E-state index in [9.17, 15) is 30.8 Å². The summed E-state index contributed by atoms with van der Waals surface area (Å²) in [6.45, 7) is 0.167. The minimum absolute atomic E-state index is 0.0601. The summed E-state index contributed by atoms with van der Waals surface area (Å²) in [5, 5.41) is 2.13. The number of sulfone groups is 1. The van der Waals surface area contributed by atoms with Gasteiger partial charge in [0.2, 0.25) is 5.91 Å². The van der Waals surface area contributed by atoms with Gasteiger partial charge >= 0.3 is 0 Å². The number of ketones is 1. The maximum absolute atomic E-state index is 13.7. The van der Waals surface area contributed by atoms with Crippen LogP contribution >= 0.6 is 0 Å². The Morgan fingerprint density at radius 1 is 0.974 bits per heavy atom. The van der Waals surface area contributed by atoms with Crippen LogP contribution < -0.4 is 5.32 Å². The number of anilines is 1. The summed E-state index contributed by atoms with van der Waals surface area (Å²) < 4.78 is 68.6. The van der Waals surface area contributed by atoms with Crippen molar-refractivity contribution in [3.05, 3.63) is 59.4 Å². The van der Waals surface area contributed by atoms with Crippen molar-refractivity contribution in [2.75, 3.05) is 11.1 Å². The van der Waals surface area contributed by atoms with Gasteiger partial charge in [0, 0.05) is 18.5 Å². The third-order valence-electron chi connectivity index (χ3n) is 8.06. The van der Waals surface area contributed by atoms with Crippen LogP contribution in [0.15, 0.2) is 51.8 Å². The van der Waals surface area contributed by atoms with E-state index in [1.165, 1.54) is 24.3 Å². The largest absolute Gasteiger partial charge is 0.341 e. The SMILES string of the molecule is O=C1C(C2=NS(=O)(=O)c3cc(C4CCCS4(=O)=O)ccc3N2)C(=O)N(Cc2ccc(F)cc2)[C@H]2CCC[C@@H]12. The van der Waals surface area contributed by atoms with Gasteiger partial charge < -0.3 is 10.2 Å². The number of likely N-dealkylation sites (tertiary alicyclic amines) is 1. The molecule has 6 rings (SSSR count). The molecule has 1 aliphatic carbocycles. The Morgan fingerprint density at radius 3 is 2.45 bits per heavy atom. The van der Waals surface area contributed by atoms with E-state index in [1.807, 2.05) is 0 Å². The second kappa shape index (κ2) is 8.98. The number of carbonyl (C=O) groups excluding carboxylic acids is 2. The maximum atomic E-state index is 13.7. The van der Waals surface area contributed by atoms with E-state index in [4.69, 9.17) is 0 Å². The highest BCUT2D eigenvalue weighted by Crippen LogP contribution is 2.41. The number of hydrogen-bond acceptors (Lipinski definition) is 7. The van der Waals surface area contributed by atoms with E-state index in [0.717, 1.165) is 6.42 Å². The molecule has 0 aromatic heterocycles. The number of piperidine rings is 1.